The molecule has 2 atom stereocenters. The van der Waals surface area contributed by atoms with Crippen molar-refractivity contribution in [1.82, 2.24) is 24.8 Å². The molecule has 2 amide bonds. The van der Waals surface area contributed by atoms with Gasteiger partial charge in [0.25, 0.3) is 5.56 Å². The van der Waals surface area contributed by atoms with Gasteiger partial charge in [-0.05, 0) is 36.8 Å². The van der Waals surface area contributed by atoms with Crippen molar-refractivity contribution in [3.8, 4) is 0 Å². The number of aromatic nitrogens is 3. The molecule has 1 N–H and O–H groups in total. The number of rotatable bonds is 3. The highest BCUT2D eigenvalue weighted by Gasteiger charge is 2.34. The number of amides is 2. The fourth-order valence-corrected chi connectivity index (χ4v) is 5.77. The number of urea groups is 1. The van der Waals surface area contributed by atoms with E-state index in [0.29, 0.717) is 23.3 Å². The quantitative estimate of drug-likeness (QED) is 0.699. The third-order valence-electron chi connectivity index (χ3n) is 6.30. The van der Waals surface area contributed by atoms with Gasteiger partial charge in [-0.1, -0.05) is 42.5 Å². The second kappa shape index (κ2) is 7.50. The van der Waals surface area contributed by atoms with Gasteiger partial charge in [-0.2, -0.15) is 0 Å². The molecule has 0 bridgehead atoms. The number of aryl methyl sites for hydroxylation is 2. The van der Waals surface area contributed by atoms with Crippen molar-refractivity contribution in [2.24, 2.45) is 7.05 Å². The van der Waals surface area contributed by atoms with E-state index in [1.807, 2.05) is 17.9 Å². The summed E-state index contributed by atoms with van der Waals surface area (Å²) in [5.74, 6) is 0.753. The second-order valence-electron chi connectivity index (χ2n) is 8.04. The maximum Gasteiger partial charge on any atom is 0.318 e. The van der Waals surface area contributed by atoms with Crippen molar-refractivity contribution in [2.75, 3.05) is 6.54 Å². The molecule has 1 aliphatic heterocycles. The van der Waals surface area contributed by atoms with E-state index < -0.39 is 0 Å². The van der Waals surface area contributed by atoms with Gasteiger partial charge in [0.05, 0.1) is 12.1 Å². The van der Waals surface area contributed by atoms with E-state index in [-0.39, 0.29) is 23.7 Å². The van der Waals surface area contributed by atoms with Gasteiger partial charge in [-0.15, -0.1) is 0 Å². The first-order valence-corrected chi connectivity index (χ1v) is 11.4. The molecule has 7 nitrogen and oxygen atoms in total. The SMILES string of the molecule is CCc1nc2sc([C@H]3CCCN3C(=O)N[C@@H]3CCc4ccccc43)nc2c(=O)n1C. The monoisotopic (exact) mass is 423 g/mol. The Morgan fingerprint density at radius 2 is 2.10 bits per heavy atom. The molecular formula is C22H25N5O2S. The molecule has 0 saturated carbocycles. The summed E-state index contributed by atoms with van der Waals surface area (Å²) < 4.78 is 1.57. The normalized spacial score (nSPS) is 20.7. The highest BCUT2D eigenvalue weighted by molar-refractivity contribution is 7.18. The summed E-state index contributed by atoms with van der Waals surface area (Å²) in [6.45, 7) is 2.69. The number of carbonyl (C=O) groups is 1. The first kappa shape index (κ1) is 19.2. The molecule has 0 spiro atoms. The number of thiazole rings is 1. The van der Waals surface area contributed by atoms with E-state index in [1.54, 1.807) is 11.6 Å². The van der Waals surface area contributed by atoms with Crippen molar-refractivity contribution in [2.45, 2.75) is 51.1 Å². The van der Waals surface area contributed by atoms with Gasteiger partial charge in [-0.3, -0.25) is 9.36 Å². The zero-order valence-corrected chi connectivity index (χ0v) is 18.0. The van der Waals surface area contributed by atoms with Crippen LogP contribution in [0, 0.1) is 0 Å². The van der Waals surface area contributed by atoms with E-state index in [9.17, 15) is 9.59 Å². The van der Waals surface area contributed by atoms with Crippen LogP contribution in [0.2, 0.25) is 0 Å². The Hall–Kier alpha value is -2.74. The molecule has 0 unspecified atom stereocenters. The summed E-state index contributed by atoms with van der Waals surface area (Å²) in [5, 5.41) is 4.04. The van der Waals surface area contributed by atoms with Gasteiger partial charge in [0, 0.05) is 20.0 Å². The van der Waals surface area contributed by atoms with E-state index in [0.717, 1.165) is 36.5 Å². The molecule has 2 aromatic heterocycles. The Balaban J connectivity index is 1.41. The number of nitrogens with zero attached hydrogens (tertiary/aromatic N) is 4. The number of fused-ring (bicyclic) bond motifs is 2. The lowest BCUT2D eigenvalue weighted by molar-refractivity contribution is 0.189. The summed E-state index contributed by atoms with van der Waals surface area (Å²) in [6.07, 6.45) is 4.41. The van der Waals surface area contributed by atoms with Gasteiger partial charge in [-0.25, -0.2) is 14.8 Å². The number of likely N-dealkylation sites (tertiary alicyclic amines) is 1. The molecule has 1 aliphatic carbocycles. The average Bonchev–Trinajstić information content (AvgIpc) is 3.48. The number of nitrogens with one attached hydrogen (secondary N) is 1. The summed E-state index contributed by atoms with van der Waals surface area (Å²) in [4.78, 5) is 37.6. The molecule has 1 saturated heterocycles. The lowest BCUT2D eigenvalue weighted by Crippen LogP contribution is -2.40. The van der Waals surface area contributed by atoms with Gasteiger partial charge in [0.2, 0.25) is 0 Å². The molecule has 5 rings (SSSR count). The predicted molar refractivity (Wildman–Crippen MR) is 117 cm³/mol. The second-order valence-corrected chi connectivity index (χ2v) is 9.05. The molecule has 3 aromatic rings. The van der Waals surface area contributed by atoms with Crippen LogP contribution in [-0.2, 0) is 19.9 Å². The number of hydrogen-bond acceptors (Lipinski definition) is 5. The Morgan fingerprint density at radius 1 is 1.27 bits per heavy atom. The maximum absolute atomic E-state index is 13.1. The van der Waals surface area contributed by atoms with Gasteiger partial charge in [0.15, 0.2) is 10.3 Å². The molecule has 1 aromatic carbocycles. The van der Waals surface area contributed by atoms with Gasteiger partial charge >= 0.3 is 6.03 Å². The maximum atomic E-state index is 13.1. The minimum absolute atomic E-state index is 0.0476. The third kappa shape index (κ3) is 3.10. The third-order valence-corrected chi connectivity index (χ3v) is 7.35. The standard InChI is InChI=1S/C22H25N5O2S/c1-3-17-24-20-18(21(28)26(17)2)25-19(30-20)16-9-6-12-27(16)22(29)23-15-11-10-13-7-4-5-8-14(13)15/h4-5,7-8,15-16H,3,6,9-12H2,1-2H3,(H,23,29)/t15-,16-/m1/s1. The highest BCUT2D eigenvalue weighted by Crippen LogP contribution is 2.37. The van der Waals surface area contributed by atoms with Crippen LogP contribution in [-0.4, -0.2) is 32.0 Å². The van der Waals surface area contributed by atoms with Crippen LogP contribution in [0.5, 0.6) is 0 Å². The van der Waals surface area contributed by atoms with Gasteiger partial charge in [0.1, 0.15) is 10.8 Å². The zero-order chi connectivity index (χ0) is 20.8. The molecule has 156 valence electrons. The molecule has 30 heavy (non-hydrogen) atoms. The van der Waals surface area contributed by atoms with Crippen molar-refractivity contribution in [3.63, 3.8) is 0 Å². The van der Waals surface area contributed by atoms with Crippen LogP contribution >= 0.6 is 11.3 Å². The Kier molecular flexibility index (Phi) is 4.81. The van der Waals surface area contributed by atoms with Crippen molar-refractivity contribution in [1.29, 1.82) is 0 Å². The van der Waals surface area contributed by atoms with Crippen LogP contribution < -0.4 is 10.9 Å². The average molecular weight is 424 g/mol. The Morgan fingerprint density at radius 3 is 2.93 bits per heavy atom. The lowest BCUT2D eigenvalue weighted by Gasteiger charge is -2.25. The number of benzene rings is 1. The summed E-state index contributed by atoms with van der Waals surface area (Å²) in [5.41, 5.74) is 2.84. The first-order valence-electron chi connectivity index (χ1n) is 10.6. The summed E-state index contributed by atoms with van der Waals surface area (Å²) in [7, 11) is 1.74. The van der Waals surface area contributed by atoms with Crippen LogP contribution in [0.4, 0.5) is 4.79 Å². The van der Waals surface area contributed by atoms with E-state index in [2.05, 4.69) is 33.5 Å². The smallest absolute Gasteiger partial charge is 0.318 e. The molecule has 2 aliphatic rings. The van der Waals surface area contributed by atoms with Gasteiger partial charge < -0.3 is 10.2 Å². The highest BCUT2D eigenvalue weighted by atomic mass is 32.1. The Labute approximate surface area is 178 Å². The number of carbonyl (C=O) groups excluding carboxylic acids is 1. The first-order chi connectivity index (χ1) is 14.6. The molecule has 0 radical (unpaired) electrons. The fraction of sp³-hybridized carbons (Fsp3) is 0.455. The van der Waals surface area contributed by atoms with Crippen molar-refractivity contribution in [3.05, 3.63) is 56.6 Å². The van der Waals surface area contributed by atoms with Crippen molar-refractivity contribution >= 4 is 27.7 Å². The summed E-state index contributed by atoms with van der Waals surface area (Å²) >= 11 is 1.44. The number of hydrogen-bond donors (Lipinski definition) is 1. The van der Waals surface area contributed by atoms with Crippen LogP contribution in [0.25, 0.3) is 10.3 Å². The predicted octanol–water partition coefficient (Wildman–Crippen LogP) is 3.49. The zero-order valence-electron chi connectivity index (χ0n) is 17.2. The minimum atomic E-state index is -0.115. The van der Waals surface area contributed by atoms with Crippen LogP contribution in [0.15, 0.2) is 29.1 Å². The fourth-order valence-electron chi connectivity index (χ4n) is 4.68. The van der Waals surface area contributed by atoms with E-state index in [4.69, 9.17) is 0 Å². The molecule has 1 fully saturated rings. The topological polar surface area (TPSA) is 80.1 Å². The minimum Gasteiger partial charge on any atom is -0.331 e. The largest absolute Gasteiger partial charge is 0.331 e. The van der Waals surface area contributed by atoms with Crippen LogP contribution in [0.1, 0.15) is 60.2 Å². The lowest BCUT2D eigenvalue weighted by atomic mass is 10.1. The molecule has 3 heterocycles. The summed E-state index contributed by atoms with van der Waals surface area (Å²) in [6, 6.07) is 8.24. The Bertz CT molecular complexity index is 1180. The van der Waals surface area contributed by atoms with Crippen LogP contribution in [0.3, 0.4) is 0 Å². The van der Waals surface area contributed by atoms with Crippen molar-refractivity contribution < 1.29 is 4.79 Å². The van der Waals surface area contributed by atoms with E-state index >= 15 is 0 Å². The van der Waals surface area contributed by atoms with E-state index in [1.165, 1.54) is 22.5 Å². The molecule has 8 heteroatoms. The molecular weight excluding hydrogens is 398 g/mol.